The Labute approximate surface area is 73.8 Å². The summed E-state index contributed by atoms with van der Waals surface area (Å²) < 4.78 is 38.0. The zero-order chi connectivity index (χ0) is 10.0. The van der Waals surface area contributed by atoms with Gasteiger partial charge in [0.05, 0.1) is 0 Å². The Morgan fingerprint density at radius 2 is 1.69 bits per heavy atom. The summed E-state index contributed by atoms with van der Waals surface area (Å²) in [4.78, 5) is 0. The molecule has 1 unspecified atom stereocenters. The first-order chi connectivity index (χ1) is 6.06. The molecule has 1 rings (SSSR count). The number of aliphatic hydroxyl groups is 1. The van der Waals surface area contributed by atoms with Gasteiger partial charge in [0.2, 0.25) is 0 Å². The van der Waals surface area contributed by atoms with E-state index in [-0.39, 0.29) is 12.2 Å². The lowest BCUT2D eigenvalue weighted by atomic mass is 10.0. The number of hydrogen-bond donors (Lipinski definition) is 1. The molecule has 0 heterocycles. The van der Waals surface area contributed by atoms with Gasteiger partial charge in [-0.25, -0.2) is 13.2 Å². The Morgan fingerprint density at radius 3 is 2.23 bits per heavy atom. The Bertz CT molecular complexity index is 312. The molecule has 1 N–H and O–H groups in total. The predicted octanol–water partition coefficient (Wildman–Crippen LogP) is 2.20. The number of rotatable bonds is 2. The summed E-state index contributed by atoms with van der Waals surface area (Å²) in [6.07, 6.45) is 0. The van der Waals surface area contributed by atoms with Gasteiger partial charge in [0.1, 0.15) is 5.82 Å². The fourth-order valence-electron chi connectivity index (χ4n) is 1.01. The molecular formula is C9H9F3O. The molecule has 1 atom stereocenters. The molecule has 0 aliphatic heterocycles. The molecule has 0 radical (unpaired) electrons. The van der Waals surface area contributed by atoms with Gasteiger partial charge in [-0.15, -0.1) is 0 Å². The van der Waals surface area contributed by atoms with Crippen LogP contribution in [0.25, 0.3) is 0 Å². The monoisotopic (exact) mass is 190 g/mol. The largest absolute Gasteiger partial charge is 0.396 e. The lowest BCUT2D eigenvalue weighted by Gasteiger charge is -2.09. The maximum atomic E-state index is 13.0. The molecule has 1 aromatic rings. The van der Waals surface area contributed by atoms with Crippen LogP contribution in [0.3, 0.4) is 0 Å². The fraction of sp³-hybridized carbons (Fsp3) is 0.333. The zero-order valence-electron chi connectivity index (χ0n) is 7.02. The molecule has 72 valence electrons. The van der Waals surface area contributed by atoms with Crippen LogP contribution in [-0.2, 0) is 0 Å². The van der Waals surface area contributed by atoms with Crippen LogP contribution in [-0.4, -0.2) is 11.7 Å². The molecule has 13 heavy (non-hydrogen) atoms. The molecule has 0 aliphatic rings. The van der Waals surface area contributed by atoms with Crippen LogP contribution in [0.4, 0.5) is 13.2 Å². The molecule has 0 spiro atoms. The highest BCUT2D eigenvalue weighted by Crippen LogP contribution is 2.21. The van der Waals surface area contributed by atoms with E-state index in [1.54, 1.807) is 0 Å². The van der Waals surface area contributed by atoms with E-state index in [0.717, 1.165) is 6.07 Å². The van der Waals surface area contributed by atoms with Crippen LogP contribution in [0, 0.1) is 17.5 Å². The summed E-state index contributed by atoms with van der Waals surface area (Å²) in [6.45, 7) is 1.22. The molecule has 0 aromatic heterocycles. The van der Waals surface area contributed by atoms with Gasteiger partial charge in [-0.05, 0) is 11.6 Å². The van der Waals surface area contributed by atoms with Crippen LogP contribution in [0.1, 0.15) is 18.4 Å². The number of hydrogen-bond acceptors (Lipinski definition) is 1. The first-order valence-electron chi connectivity index (χ1n) is 3.81. The summed E-state index contributed by atoms with van der Waals surface area (Å²) in [6, 6.07) is 1.25. The van der Waals surface area contributed by atoms with E-state index < -0.39 is 23.4 Å². The maximum Gasteiger partial charge on any atom is 0.161 e. The molecule has 4 heteroatoms. The fourth-order valence-corrected chi connectivity index (χ4v) is 1.01. The topological polar surface area (TPSA) is 20.2 Å². The zero-order valence-corrected chi connectivity index (χ0v) is 7.02. The van der Waals surface area contributed by atoms with E-state index >= 15 is 0 Å². The third-order valence-electron chi connectivity index (χ3n) is 1.84. The van der Waals surface area contributed by atoms with Crippen molar-refractivity contribution in [3.8, 4) is 0 Å². The van der Waals surface area contributed by atoms with Gasteiger partial charge in [0.15, 0.2) is 11.6 Å². The highest BCUT2D eigenvalue weighted by Gasteiger charge is 2.14. The summed E-state index contributed by atoms with van der Waals surface area (Å²) in [5.74, 6) is -3.68. The summed E-state index contributed by atoms with van der Waals surface area (Å²) in [5.41, 5.74) is -0.0126. The second-order valence-electron chi connectivity index (χ2n) is 2.87. The van der Waals surface area contributed by atoms with Crippen molar-refractivity contribution in [2.45, 2.75) is 12.8 Å². The van der Waals surface area contributed by atoms with Gasteiger partial charge < -0.3 is 5.11 Å². The predicted molar refractivity (Wildman–Crippen MR) is 41.8 cm³/mol. The average molecular weight is 190 g/mol. The molecule has 1 aromatic carbocycles. The molecular weight excluding hydrogens is 181 g/mol. The van der Waals surface area contributed by atoms with Gasteiger partial charge in [0.25, 0.3) is 0 Å². The van der Waals surface area contributed by atoms with Crippen LogP contribution < -0.4 is 0 Å². The van der Waals surface area contributed by atoms with Gasteiger partial charge in [-0.2, -0.15) is 0 Å². The van der Waals surface area contributed by atoms with E-state index in [1.165, 1.54) is 6.92 Å². The van der Waals surface area contributed by atoms with Crippen molar-refractivity contribution in [1.29, 1.82) is 0 Å². The van der Waals surface area contributed by atoms with Crippen LogP contribution in [0.15, 0.2) is 12.1 Å². The van der Waals surface area contributed by atoms with Crippen molar-refractivity contribution in [1.82, 2.24) is 0 Å². The van der Waals surface area contributed by atoms with Crippen molar-refractivity contribution < 1.29 is 18.3 Å². The van der Waals surface area contributed by atoms with Gasteiger partial charge in [-0.3, -0.25) is 0 Å². The summed E-state index contributed by atoms with van der Waals surface area (Å²) >= 11 is 0. The normalized spacial score (nSPS) is 13.0. The molecule has 0 fully saturated rings. The number of halogens is 3. The molecule has 0 saturated carbocycles. The minimum Gasteiger partial charge on any atom is -0.396 e. The van der Waals surface area contributed by atoms with E-state index in [4.69, 9.17) is 5.11 Å². The smallest absolute Gasteiger partial charge is 0.161 e. The van der Waals surface area contributed by atoms with E-state index in [1.807, 2.05) is 0 Å². The average Bonchev–Trinajstić information content (AvgIpc) is 2.10. The Balaban J connectivity index is 3.15. The van der Waals surface area contributed by atoms with Gasteiger partial charge in [0, 0.05) is 18.6 Å². The third kappa shape index (κ3) is 2.01. The minimum absolute atomic E-state index is 0.0126. The number of aliphatic hydroxyl groups excluding tert-OH is 1. The quantitative estimate of drug-likeness (QED) is 0.709. The van der Waals surface area contributed by atoms with E-state index in [9.17, 15) is 13.2 Å². The molecule has 1 nitrogen and oxygen atoms in total. The van der Waals surface area contributed by atoms with Crippen LogP contribution in [0.5, 0.6) is 0 Å². The lowest BCUT2D eigenvalue weighted by molar-refractivity contribution is 0.270. The summed E-state index contributed by atoms with van der Waals surface area (Å²) in [7, 11) is 0. The van der Waals surface area contributed by atoms with Crippen molar-refractivity contribution in [3.05, 3.63) is 35.1 Å². The maximum absolute atomic E-state index is 13.0. The lowest BCUT2D eigenvalue weighted by Crippen LogP contribution is -2.03. The van der Waals surface area contributed by atoms with Crippen molar-refractivity contribution in [2.75, 3.05) is 6.61 Å². The van der Waals surface area contributed by atoms with Crippen LogP contribution in [0.2, 0.25) is 0 Å². The van der Waals surface area contributed by atoms with Crippen molar-refractivity contribution in [3.63, 3.8) is 0 Å². The summed E-state index contributed by atoms with van der Waals surface area (Å²) in [5, 5.41) is 8.69. The van der Waals surface area contributed by atoms with E-state index in [2.05, 4.69) is 0 Å². The molecule has 0 aliphatic carbocycles. The molecule has 0 amide bonds. The first kappa shape index (κ1) is 10.1. The van der Waals surface area contributed by atoms with Crippen molar-refractivity contribution in [2.24, 2.45) is 0 Å². The molecule has 0 saturated heterocycles. The van der Waals surface area contributed by atoms with Crippen LogP contribution >= 0.6 is 0 Å². The Hall–Kier alpha value is -1.03. The minimum atomic E-state index is -1.22. The number of benzene rings is 1. The van der Waals surface area contributed by atoms with Gasteiger partial charge in [-0.1, -0.05) is 6.92 Å². The standard InChI is InChI=1S/C9H9F3O/c1-5(4-13)6-2-8(11)9(12)3-7(6)10/h2-3,5,13H,4H2,1H3. The van der Waals surface area contributed by atoms with Crippen molar-refractivity contribution >= 4 is 0 Å². The first-order valence-corrected chi connectivity index (χ1v) is 3.81. The molecule has 0 bridgehead atoms. The Morgan fingerprint density at radius 1 is 1.15 bits per heavy atom. The van der Waals surface area contributed by atoms with Gasteiger partial charge >= 0.3 is 0 Å². The SMILES string of the molecule is CC(CO)c1cc(F)c(F)cc1F. The van der Waals surface area contributed by atoms with E-state index in [0.29, 0.717) is 6.07 Å². The second kappa shape index (κ2) is 3.79. The second-order valence-corrected chi connectivity index (χ2v) is 2.87. The highest BCUT2D eigenvalue weighted by molar-refractivity contribution is 5.23. The Kier molecular flexibility index (Phi) is 2.93. The third-order valence-corrected chi connectivity index (χ3v) is 1.84. The highest BCUT2D eigenvalue weighted by atomic mass is 19.2.